The minimum atomic E-state index is -0.842. The zero-order chi connectivity index (χ0) is 14.9. The Bertz CT molecular complexity index is 524. The molecule has 2 rings (SSSR count). The van der Waals surface area contributed by atoms with Crippen LogP contribution in [-0.2, 0) is 4.79 Å². The summed E-state index contributed by atoms with van der Waals surface area (Å²) in [4.78, 5) is 27.7. The fraction of sp³-hybridized carbons (Fsp3) is 0.429. The molecular formula is C14H20N4O2. The lowest BCUT2D eigenvalue weighted by Gasteiger charge is -2.44. The monoisotopic (exact) mass is 276 g/mol. The zero-order valence-electron chi connectivity index (χ0n) is 12.0. The van der Waals surface area contributed by atoms with E-state index in [2.05, 4.69) is 5.32 Å². The first-order valence-electron chi connectivity index (χ1n) is 6.52. The Morgan fingerprint density at radius 3 is 2.45 bits per heavy atom. The Morgan fingerprint density at radius 2 is 1.85 bits per heavy atom. The number of amides is 3. The van der Waals surface area contributed by atoms with Gasteiger partial charge in [0, 0.05) is 31.5 Å². The number of anilines is 2. The summed E-state index contributed by atoms with van der Waals surface area (Å²) in [6, 6.07) is 6.63. The topological polar surface area (TPSA) is 78.7 Å². The summed E-state index contributed by atoms with van der Waals surface area (Å²) in [5.74, 6) is -0.0591. The van der Waals surface area contributed by atoms with Crippen LogP contribution in [0.5, 0.6) is 0 Å². The predicted molar refractivity (Wildman–Crippen MR) is 78.3 cm³/mol. The highest BCUT2D eigenvalue weighted by molar-refractivity contribution is 5.96. The fourth-order valence-corrected chi connectivity index (χ4v) is 2.33. The molecule has 0 unspecified atom stereocenters. The summed E-state index contributed by atoms with van der Waals surface area (Å²) in [6.07, 6.45) is 0. The fourth-order valence-electron chi connectivity index (χ4n) is 2.33. The highest BCUT2D eigenvalue weighted by Crippen LogP contribution is 2.23. The van der Waals surface area contributed by atoms with E-state index >= 15 is 0 Å². The SMILES string of the molecule is CN1CCN(C(=O)Nc2ccc(N)cc2)C(C)(C)C1=O. The first-order valence-corrected chi connectivity index (χ1v) is 6.52. The lowest BCUT2D eigenvalue weighted by atomic mass is 9.98. The molecule has 1 aliphatic rings. The van der Waals surface area contributed by atoms with Crippen LogP contribution in [0.15, 0.2) is 24.3 Å². The number of rotatable bonds is 1. The largest absolute Gasteiger partial charge is 0.399 e. The molecule has 0 spiro atoms. The molecule has 1 saturated heterocycles. The number of nitrogen functional groups attached to an aromatic ring is 1. The van der Waals surface area contributed by atoms with E-state index in [1.807, 2.05) is 0 Å². The van der Waals surface area contributed by atoms with Crippen molar-refractivity contribution in [2.75, 3.05) is 31.2 Å². The molecule has 6 heteroatoms. The summed E-state index contributed by atoms with van der Waals surface area (Å²) in [7, 11) is 1.75. The van der Waals surface area contributed by atoms with Gasteiger partial charge in [-0.3, -0.25) is 4.79 Å². The van der Waals surface area contributed by atoms with E-state index in [-0.39, 0.29) is 11.9 Å². The number of nitrogens with two attached hydrogens (primary N) is 1. The molecule has 0 radical (unpaired) electrons. The van der Waals surface area contributed by atoms with Crippen molar-refractivity contribution in [2.45, 2.75) is 19.4 Å². The predicted octanol–water partition coefficient (Wildman–Crippen LogP) is 1.35. The van der Waals surface area contributed by atoms with Crippen molar-refractivity contribution >= 4 is 23.3 Å². The van der Waals surface area contributed by atoms with Gasteiger partial charge < -0.3 is 20.9 Å². The molecule has 20 heavy (non-hydrogen) atoms. The maximum atomic E-state index is 12.3. The normalized spacial score (nSPS) is 18.1. The Balaban J connectivity index is 2.12. The molecule has 108 valence electrons. The van der Waals surface area contributed by atoms with Crippen LogP contribution in [0.3, 0.4) is 0 Å². The molecule has 3 N–H and O–H groups in total. The summed E-state index contributed by atoms with van der Waals surface area (Å²) in [6.45, 7) is 4.56. The number of urea groups is 1. The van der Waals surface area contributed by atoms with Crippen LogP contribution in [0.1, 0.15) is 13.8 Å². The quantitative estimate of drug-likeness (QED) is 0.760. The molecule has 6 nitrogen and oxygen atoms in total. The van der Waals surface area contributed by atoms with Crippen LogP contribution < -0.4 is 11.1 Å². The maximum absolute atomic E-state index is 12.3. The molecule has 0 saturated carbocycles. The second-order valence-electron chi connectivity index (χ2n) is 5.49. The number of nitrogens with one attached hydrogen (secondary N) is 1. The first kappa shape index (κ1) is 14.2. The Kier molecular flexibility index (Phi) is 3.57. The third-order valence-corrected chi connectivity index (χ3v) is 3.61. The molecule has 1 fully saturated rings. The smallest absolute Gasteiger partial charge is 0.322 e. The highest BCUT2D eigenvalue weighted by atomic mass is 16.2. The third kappa shape index (κ3) is 2.54. The number of likely N-dealkylation sites (N-methyl/N-ethyl adjacent to an activating group) is 1. The summed E-state index contributed by atoms with van der Waals surface area (Å²) in [5, 5.41) is 2.79. The zero-order valence-corrected chi connectivity index (χ0v) is 12.0. The number of hydrogen-bond donors (Lipinski definition) is 2. The van der Waals surface area contributed by atoms with Crippen LogP contribution in [0.2, 0.25) is 0 Å². The van der Waals surface area contributed by atoms with Crippen molar-refractivity contribution < 1.29 is 9.59 Å². The van der Waals surface area contributed by atoms with Crippen molar-refractivity contribution in [3.8, 4) is 0 Å². The summed E-state index contributed by atoms with van der Waals surface area (Å²) < 4.78 is 0. The maximum Gasteiger partial charge on any atom is 0.322 e. The van der Waals surface area contributed by atoms with Crippen molar-refractivity contribution in [3.05, 3.63) is 24.3 Å². The molecule has 0 aliphatic carbocycles. The second kappa shape index (κ2) is 5.03. The van der Waals surface area contributed by atoms with Crippen molar-refractivity contribution in [1.29, 1.82) is 0 Å². The van der Waals surface area contributed by atoms with Crippen LogP contribution in [0.25, 0.3) is 0 Å². The molecule has 1 aromatic rings. The Labute approximate surface area is 118 Å². The van der Waals surface area contributed by atoms with Gasteiger partial charge in [-0.1, -0.05) is 0 Å². The standard InChI is InChI=1S/C14H20N4O2/c1-14(2)12(19)17(3)8-9-18(14)13(20)16-11-6-4-10(15)5-7-11/h4-7H,8-9,15H2,1-3H3,(H,16,20). The van der Waals surface area contributed by atoms with E-state index in [4.69, 9.17) is 5.73 Å². The van der Waals surface area contributed by atoms with E-state index < -0.39 is 5.54 Å². The molecular weight excluding hydrogens is 256 g/mol. The van der Waals surface area contributed by atoms with E-state index in [0.29, 0.717) is 24.5 Å². The first-order chi connectivity index (χ1) is 9.32. The number of carbonyl (C=O) groups excluding carboxylic acids is 2. The molecule has 0 aromatic heterocycles. The average Bonchev–Trinajstić information content (AvgIpc) is 2.38. The second-order valence-corrected chi connectivity index (χ2v) is 5.49. The van der Waals surface area contributed by atoms with Gasteiger partial charge in [0.25, 0.3) is 0 Å². The van der Waals surface area contributed by atoms with Gasteiger partial charge in [0.2, 0.25) is 5.91 Å². The van der Waals surface area contributed by atoms with Crippen LogP contribution in [-0.4, -0.2) is 47.4 Å². The molecule has 0 bridgehead atoms. The van der Waals surface area contributed by atoms with E-state index in [9.17, 15) is 9.59 Å². The molecule has 1 aliphatic heterocycles. The van der Waals surface area contributed by atoms with Gasteiger partial charge in [0.15, 0.2) is 0 Å². The minimum absolute atomic E-state index is 0.0591. The van der Waals surface area contributed by atoms with E-state index in [1.54, 1.807) is 55.0 Å². The van der Waals surface area contributed by atoms with Gasteiger partial charge in [-0.05, 0) is 38.1 Å². The third-order valence-electron chi connectivity index (χ3n) is 3.61. The molecule has 1 aromatic carbocycles. The van der Waals surface area contributed by atoms with Crippen molar-refractivity contribution in [1.82, 2.24) is 9.80 Å². The van der Waals surface area contributed by atoms with Crippen molar-refractivity contribution in [2.24, 2.45) is 0 Å². The van der Waals surface area contributed by atoms with Crippen LogP contribution in [0, 0.1) is 0 Å². The van der Waals surface area contributed by atoms with Gasteiger partial charge in [-0.2, -0.15) is 0 Å². The molecule has 0 atom stereocenters. The highest BCUT2D eigenvalue weighted by Gasteiger charge is 2.42. The molecule has 3 amide bonds. The van der Waals surface area contributed by atoms with Gasteiger partial charge in [0.1, 0.15) is 5.54 Å². The van der Waals surface area contributed by atoms with Crippen LogP contribution >= 0.6 is 0 Å². The van der Waals surface area contributed by atoms with Gasteiger partial charge in [-0.15, -0.1) is 0 Å². The lowest BCUT2D eigenvalue weighted by Crippen LogP contribution is -2.64. The lowest BCUT2D eigenvalue weighted by molar-refractivity contribution is -0.144. The average molecular weight is 276 g/mol. The van der Waals surface area contributed by atoms with Gasteiger partial charge >= 0.3 is 6.03 Å². The van der Waals surface area contributed by atoms with Gasteiger partial charge in [-0.25, -0.2) is 4.79 Å². The number of carbonyl (C=O) groups is 2. The number of nitrogens with zero attached hydrogens (tertiary/aromatic N) is 2. The number of hydrogen-bond acceptors (Lipinski definition) is 3. The van der Waals surface area contributed by atoms with Crippen LogP contribution in [0.4, 0.5) is 16.2 Å². The summed E-state index contributed by atoms with van der Waals surface area (Å²) >= 11 is 0. The van der Waals surface area contributed by atoms with Gasteiger partial charge in [0.05, 0.1) is 0 Å². The summed E-state index contributed by atoms with van der Waals surface area (Å²) in [5.41, 5.74) is 6.06. The number of benzene rings is 1. The molecule has 1 heterocycles. The minimum Gasteiger partial charge on any atom is -0.399 e. The van der Waals surface area contributed by atoms with E-state index in [0.717, 1.165) is 0 Å². The Morgan fingerprint density at radius 1 is 1.25 bits per heavy atom. The van der Waals surface area contributed by atoms with E-state index in [1.165, 1.54) is 0 Å². The van der Waals surface area contributed by atoms with Crippen molar-refractivity contribution in [3.63, 3.8) is 0 Å². The number of piperazine rings is 1. The Hall–Kier alpha value is -2.24.